The summed E-state index contributed by atoms with van der Waals surface area (Å²) < 4.78 is 0. The molecule has 1 fully saturated rings. The molecule has 0 radical (unpaired) electrons. The van der Waals surface area contributed by atoms with Gasteiger partial charge in [-0.1, -0.05) is 45.4 Å². The lowest BCUT2D eigenvalue weighted by atomic mass is 9.90. The topological polar surface area (TPSA) is 51.8 Å². The van der Waals surface area contributed by atoms with Gasteiger partial charge in [0.25, 0.3) is 0 Å². The van der Waals surface area contributed by atoms with Crippen LogP contribution in [0.3, 0.4) is 0 Å². The Balaban J connectivity index is 2.14. The Morgan fingerprint density at radius 2 is 1.78 bits per heavy atom. The van der Waals surface area contributed by atoms with Crippen LogP contribution in [-0.4, -0.2) is 9.97 Å². The maximum Gasteiger partial charge on any atom is 0.134 e. The molecule has 18 heavy (non-hydrogen) atoms. The molecule has 2 rings (SSSR count). The van der Waals surface area contributed by atoms with Crippen molar-refractivity contribution in [2.24, 2.45) is 0 Å². The van der Waals surface area contributed by atoms with Gasteiger partial charge in [-0.25, -0.2) is 9.97 Å². The largest absolute Gasteiger partial charge is 0.384 e. The molecule has 1 aromatic heterocycles. The van der Waals surface area contributed by atoms with E-state index in [-0.39, 0.29) is 0 Å². The lowest BCUT2D eigenvalue weighted by Crippen LogP contribution is -2.10. The molecule has 2 N–H and O–H groups in total. The number of anilines is 1. The third-order valence-corrected chi connectivity index (χ3v) is 3.79. The van der Waals surface area contributed by atoms with Gasteiger partial charge in [0.05, 0.1) is 0 Å². The standard InChI is InChI=1S/C15H25N3/c1-2-8-13-11-14(16)18-15(17-13)12-9-6-4-3-5-7-10-12/h11-12H,2-10H2,1H3,(H2,16,17,18). The Labute approximate surface area is 110 Å². The van der Waals surface area contributed by atoms with Crippen LogP contribution >= 0.6 is 0 Å². The van der Waals surface area contributed by atoms with E-state index < -0.39 is 0 Å². The lowest BCUT2D eigenvalue weighted by molar-refractivity contribution is 0.441. The van der Waals surface area contributed by atoms with E-state index in [1.807, 2.05) is 6.07 Å². The van der Waals surface area contributed by atoms with Crippen LogP contribution in [0.4, 0.5) is 5.82 Å². The molecule has 1 aliphatic rings. The van der Waals surface area contributed by atoms with E-state index in [0.29, 0.717) is 11.7 Å². The van der Waals surface area contributed by atoms with E-state index in [4.69, 9.17) is 10.7 Å². The Hall–Kier alpha value is -1.12. The summed E-state index contributed by atoms with van der Waals surface area (Å²) in [7, 11) is 0. The van der Waals surface area contributed by atoms with Gasteiger partial charge in [0.15, 0.2) is 0 Å². The second kappa shape index (κ2) is 6.72. The Morgan fingerprint density at radius 1 is 1.11 bits per heavy atom. The van der Waals surface area contributed by atoms with Crippen molar-refractivity contribution in [1.29, 1.82) is 0 Å². The fraction of sp³-hybridized carbons (Fsp3) is 0.733. The summed E-state index contributed by atoms with van der Waals surface area (Å²) in [6.07, 6.45) is 11.3. The number of rotatable bonds is 3. The maximum absolute atomic E-state index is 5.92. The average Bonchev–Trinajstić information content (AvgIpc) is 2.27. The van der Waals surface area contributed by atoms with Crippen molar-refractivity contribution < 1.29 is 0 Å². The normalized spacial score (nSPS) is 18.3. The summed E-state index contributed by atoms with van der Waals surface area (Å²) in [5.74, 6) is 2.18. The van der Waals surface area contributed by atoms with Crippen LogP contribution in [0.2, 0.25) is 0 Å². The summed E-state index contributed by atoms with van der Waals surface area (Å²) in [6.45, 7) is 2.17. The van der Waals surface area contributed by atoms with Gasteiger partial charge in [0.2, 0.25) is 0 Å². The maximum atomic E-state index is 5.92. The van der Waals surface area contributed by atoms with E-state index in [0.717, 1.165) is 24.4 Å². The van der Waals surface area contributed by atoms with Crippen molar-refractivity contribution in [1.82, 2.24) is 9.97 Å². The molecule has 3 heteroatoms. The number of aryl methyl sites for hydroxylation is 1. The van der Waals surface area contributed by atoms with Crippen molar-refractivity contribution in [3.8, 4) is 0 Å². The van der Waals surface area contributed by atoms with Crippen LogP contribution in [0, 0.1) is 0 Å². The summed E-state index contributed by atoms with van der Waals surface area (Å²) >= 11 is 0. The summed E-state index contributed by atoms with van der Waals surface area (Å²) in [5, 5.41) is 0. The third-order valence-electron chi connectivity index (χ3n) is 3.79. The molecule has 0 amide bonds. The fourth-order valence-corrected chi connectivity index (χ4v) is 2.82. The SMILES string of the molecule is CCCc1cc(N)nc(C2CCCCCCC2)n1. The van der Waals surface area contributed by atoms with E-state index in [1.165, 1.54) is 44.9 Å². The average molecular weight is 247 g/mol. The van der Waals surface area contributed by atoms with Gasteiger partial charge in [0.1, 0.15) is 11.6 Å². The minimum absolute atomic E-state index is 0.532. The quantitative estimate of drug-likeness (QED) is 0.883. The second-order valence-corrected chi connectivity index (χ2v) is 5.43. The highest BCUT2D eigenvalue weighted by molar-refractivity contribution is 5.30. The lowest BCUT2D eigenvalue weighted by Gasteiger charge is -2.19. The zero-order chi connectivity index (χ0) is 12.8. The molecule has 0 unspecified atom stereocenters. The monoisotopic (exact) mass is 247 g/mol. The molecular weight excluding hydrogens is 222 g/mol. The molecule has 1 aromatic rings. The number of nitrogens with two attached hydrogens (primary N) is 1. The van der Waals surface area contributed by atoms with Crippen LogP contribution in [0.5, 0.6) is 0 Å². The molecule has 0 aromatic carbocycles. The number of hydrogen-bond donors (Lipinski definition) is 1. The summed E-state index contributed by atoms with van der Waals surface area (Å²) in [6, 6.07) is 1.93. The van der Waals surface area contributed by atoms with Crippen LogP contribution < -0.4 is 5.73 Å². The van der Waals surface area contributed by atoms with E-state index in [1.54, 1.807) is 0 Å². The van der Waals surface area contributed by atoms with Gasteiger partial charge in [-0.2, -0.15) is 0 Å². The van der Waals surface area contributed by atoms with Crippen LogP contribution in [0.1, 0.15) is 75.7 Å². The van der Waals surface area contributed by atoms with Gasteiger partial charge in [-0.15, -0.1) is 0 Å². The van der Waals surface area contributed by atoms with Gasteiger partial charge in [-0.05, 0) is 19.3 Å². The van der Waals surface area contributed by atoms with Gasteiger partial charge in [0, 0.05) is 17.7 Å². The minimum Gasteiger partial charge on any atom is -0.384 e. The van der Waals surface area contributed by atoms with Crippen molar-refractivity contribution in [3.05, 3.63) is 17.6 Å². The number of nitrogens with zero attached hydrogens (tertiary/aromatic N) is 2. The number of hydrogen-bond acceptors (Lipinski definition) is 3. The zero-order valence-corrected chi connectivity index (χ0v) is 11.5. The van der Waals surface area contributed by atoms with Crippen LogP contribution in [0.15, 0.2) is 6.07 Å². The van der Waals surface area contributed by atoms with E-state index in [9.17, 15) is 0 Å². The molecular formula is C15H25N3. The predicted octanol–water partition coefficient (Wildman–Crippen LogP) is 3.84. The highest BCUT2D eigenvalue weighted by Crippen LogP contribution is 2.29. The van der Waals surface area contributed by atoms with E-state index >= 15 is 0 Å². The molecule has 0 aliphatic heterocycles. The summed E-state index contributed by atoms with van der Waals surface area (Å²) in [5.41, 5.74) is 7.03. The Morgan fingerprint density at radius 3 is 2.44 bits per heavy atom. The van der Waals surface area contributed by atoms with E-state index in [2.05, 4.69) is 11.9 Å². The second-order valence-electron chi connectivity index (χ2n) is 5.43. The van der Waals surface area contributed by atoms with Crippen molar-refractivity contribution >= 4 is 5.82 Å². The Bertz CT molecular complexity index is 368. The first-order chi connectivity index (χ1) is 8.79. The fourth-order valence-electron chi connectivity index (χ4n) is 2.82. The van der Waals surface area contributed by atoms with Crippen molar-refractivity contribution in [2.45, 2.75) is 70.6 Å². The summed E-state index contributed by atoms with van der Waals surface area (Å²) in [4.78, 5) is 9.21. The minimum atomic E-state index is 0.532. The number of aromatic nitrogens is 2. The van der Waals surface area contributed by atoms with Gasteiger partial charge >= 0.3 is 0 Å². The van der Waals surface area contributed by atoms with Gasteiger partial charge < -0.3 is 5.73 Å². The number of nitrogen functional groups attached to an aromatic ring is 1. The predicted molar refractivity (Wildman–Crippen MR) is 75.5 cm³/mol. The Kier molecular flexibility index (Phi) is 4.97. The third kappa shape index (κ3) is 3.69. The highest BCUT2D eigenvalue weighted by atomic mass is 15.0. The van der Waals surface area contributed by atoms with Crippen LogP contribution in [0.25, 0.3) is 0 Å². The van der Waals surface area contributed by atoms with Gasteiger partial charge in [-0.3, -0.25) is 0 Å². The van der Waals surface area contributed by atoms with Crippen molar-refractivity contribution in [3.63, 3.8) is 0 Å². The zero-order valence-electron chi connectivity index (χ0n) is 11.5. The first-order valence-corrected chi connectivity index (χ1v) is 7.43. The molecule has 1 aliphatic carbocycles. The molecule has 0 atom stereocenters. The molecule has 100 valence electrons. The molecule has 3 nitrogen and oxygen atoms in total. The molecule has 1 saturated carbocycles. The van der Waals surface area contributed by atoms with Crippen molar-refractivity contribution in [2.75, 3.05) is 5.73 Å². The van der Waals surface area contributed by atoms with Crippen LogP contribution in [-0.2, 0) is 6.42 Å². The molecule has 0 bridgehead atoms. The molecule has 0 saturated heterocycles. The smallest absolute Gasteiger partial charge is 0.134 e. The first kappa shape index (κ1) is 13.3. The first-order valence-electron chi connectivity index (χ1n) is 7.43. The molecule has 0 spiro atoms. The highest BCUT2D eigenvalue weighted by Gasteiger charge is 2.17. The molecule has 1 heterocycles.